The molecule has 2 heterocycles. The molecule has 0 aromatic heterocycles. The molecule has 1 saturated carbocycles. The van der Waals surface area contributed by atoms with E-state index in [0.717, 1.165) is 25.6 Å². The van der Waals surface area contributed by atoms with E-state index in [2.05, 4.69) is 25.7 Å². The average molecular weight is 266 g/mol. The van der Waals surface area contributed by atoms with Crippen LogP contribution in [0.1, 0.15) is 52.9 Å². The molecular formula is C16H30N2O. The molecular weight excluding hydrogens is 236 g/mol. The number of ether oxygens (including phenoxy) is 1. The topological polar surface area (TPSA) is 38.5 Å². The first kappa shape index (κ1) is 13.8. The van der Waals surface area contributed by atoms with Crippen molar-refractivity contribution in [3.63, 3.8) is 0 Å². The summed E-state index contributed by atoms with van der Waals surface area (Å²) in [6.45, 7) is 10.3. The zero-order valence-electron chi connectivity index (χ0n) is 12.8. The largest absolute Gasteiger partial charge is 0.372 e. The van der Waals surface area contributed by atoms with Crippen molar-refractivity contribution >= 4 is 0 Å². The maximum Gasteiger partial charge on any atom is 0.0707 e. The van der Waals surface area contributed by atoms with Gasteiger partial charge in [-0.2, -0.15) is 0 Å². The highest BCUT2D eigenvalue weighted by molar-refractivity contribution is 5.04. The van der Waals surface area contributed by atoms with Gasteiger partial charge in [0.25, 0.3) is 0 Å². The summed E-state index contributed by atoms with van der Waals surface area (Å²) < 4.78 is 6.00. The lowest BCUT2D eigenvalue weighted by molar-refractivity contribution is -0.103. The Bertz CT molecular complexity index is 332. The highest BCUT2D eigenvalue weighted by Crippen LogP contribution is 2.47. The van der Waals surface area contributed by atoms with Gasteiger partial charge in [-0.1, -0.05) is 20.8 Å². The highest BCUT2D eigenvalue weighted by Gasteiger charge is 2.49. The van der Waals surface area contributed by atoms with Gasteiger partial charge in [-0.3, -0.25) is 4.90 Å². The minimum Gasteiger partial charge on any atom is -0.372 e. The summed E-state index contributed by atoms with van der Waals surface area (Å²) in [6.07, 6.45) is 7.31. The number of hydrogen-bond acceptors (Lipinski definition) is 3. The summed E-state index contributed by atoms with van der Waals surface area (Å²) in [5, 5.41) is 0. The minimum absolute atomic E-state index is 0.228. The Balaban J connectivity index is 1.82. The van der Waals surface area contributed by atoms with Gasteiger partial charge < -0.3 is 10.5 Å². The van der Waals surface area contributed by atoms with E-state index in [1.807, 2.05) is 0 Å². The fourth-order valence-electron chi connectivity index (χ4n) is 5.23. The number of rotatable bonds is 2. The van der Waals surface area contributed by atoms with Crippen LogP contribution in [-0.2, 0) is 4.74 Å². The van der Waals surface area contributed by atoms with Gasteiger partial charge in [0.2, 0.25) is 0 Å². The summed E-state index contributed by atoms with van der Waals surface area (Å²) >= 11 is 0. The molecule has 0 spiro atoms. The van der Waals surface area contributed by atoms with E-state index in [-0.39, 0.29) is 5.54 Å². The van der Waals surface area contributed by atoms with Gasteiger partial charge in [-0.05, 0) is 43.4 Å². The lowest BCUT2D eigenvalue weighted by Crippen LogP contribution is -2.63. The highest BCUT2D eigenvalue weighted by atomic mass is 16.5. The predicted molar refractivity (Wildman–Crippen MR) is 78.0 cm³/mol. The number of nitrogens with two attached hydrogens (primary N) is 1. The van der Waals surface area contributed by atoms with E-state index < -0.39 is 0 Å². The van der Waals surface area contributed by atoms with Crippen molar-refractivity contribution in [3.05, 3.63) is 0 Å². The van der Waals surface area contributed by atoms with E-state index >= 15 is 0 Å². The number of likely N-dealkylation sites (tertiary alicyclic amines) is 1. The van der Waals surface area contributed by atoms with Crippen LogP contribution in [0.5, 0.6) is 0 Å². The molecule has 3 fully saturated rings. The fourth-order valence-corrected chi connectivity index (χ4v) is 5.23. The standard InChI is InChI=1S/C16H30N2O/c1-12-6-15(2,3)10-16(7-12,11-17)18-8-13-4-5-14(9-18)19-13/h12-14H,4-11,17H2,1-3H3. The minimum atomic E-state index is 0.228. The molecule has 3 nitrogen and oxygen atoms in total. The van der Waals surface area contributed by atoms with Crippen molar-refractivity contribution in [2.24, 2.45) is 17.1 Å². The molecule has 3 aliphatic rings. The smallest absolute Gasteiger partial charge is 0.0707 e. The molecule has 0 aromatic carbocycles. The van der Waals surface area contributed by atoms with Crippen LogP contribution in [0.3, 0.4) is 0 Å². The molecule has 110 valence electrons. The van der Waals surface area contributed by atoms with Gasteiger partial charge >= 0.3 is 0 Å². The molecule has 2 N–H and O–H groups in total. The van der Waals surface area contributed by atoms with E-state index in [1.165, 1.54) is 32.1 Å². The number of fused-ring (bicyclic) bond motifs is 2. The fraction of sp³-hybridized carbons (Fsp3) is 1.00. The SMILES string of the molecule is CC1CC(C)(C)CC(CN)(N2CC3CCC(C2)O3)C1. The maximum atomic E-state index is 6.28. The van der Waals surface area contributed by atoms with E-state index in [9.17, 15) is 0 Å². The molecule has 19 heavy (non-hydrogen) atoms. The molecule has 0 radical (unpaired) electrons. The Morgan fingerprint density at radius 3 is 2.32 bits per heavy atom. The van der Waals surface area contributed by atoms with Crippen molar-refractivity contribution in [3.8, 4) is 0 Å². The summed E-state index contributed by atoms with van der Waals surface area (Å²) in [4.78, 5) is 2.70. The van der Waals surface area contributed by atoms with Crippen LogP contribution < -0.4 is 5.73 Å². The van der Waals surface area contributed by atoms with Crippen LogP contribution in [0.4, 0.5) is 0 Å². The van der Waals surface area contributed by atoms with Crippen LogP contribution in [-0.4, -0.2) is 42.3 Å². The molecule has 1 aliphatic carbocycles. The van der Waals surface area contributed by atoms with Crippen molar-refractivity contribution in [1.82, 2.24) is 4.90 Å². The van der Waals surface area contributed by atoms with Crippen LogP contribution in [0.25, 0.3) is 0 Å². The van der Waals surface area contributed by atoms with Gasteiger partial charge in [0.05, 0.1) is 12.2 Å². The second kappa shape index (κ2) is 4.71. The molecule has 2 saturated heterocycles. The molecule has 3 heteroatoms. The second-order valence-corrected chi connectivity index (χ2v) is 8.15. The van der Waals surface area contributed by atoms with Crippen molar-refractivity contribution in [1.29, 1.82) is 0 Å². The Morgan fingerprint density at radius 2 is 1.79 bits per heavy atom. The van der Waals surface area contributed by atoms with Crippen LogP contribution in [0, 0.1) is 11.3 Å². The summed E-state index contributed by atoms with van der Waals surface area (Å²) in [7, 11) is 0. The first-order chi connectivity index (χ1) is 8.92. The Hall–Kier alpha value is -0.120. The van der Waals surface area contributed by atoms with Gasteiger partial charge in [0.1, 0.15) is 0 Å². The zero-order chi connectivity index (χ0) is 13.7. The molecule has 4 unspecified atom stereocenters. The first-order valence-corrected chi connectivity index (χ1v) is 8.03. The predicted octanol–water partition coefficient (Wildman–Crippen LogP) is 2.39. The van der Waals surface area contributed by atoms with Gasteiger partial charge in [0.15, 0.2) is 0 Å². The normalized spacial score (nSPS) is 46.4. The Kier molecular flexibility index (Phi) is 3.43. The van der Waals surface area contributed by atoms with Crippen LogP contribution >= 0.6 is 0 Å². The Labute approximate surface area is 117 Å². The lowest BCUT2D eigenvalue weighted by atomic mass is 9.63. The molecule has 0 aromatic rings. The third-order valence-corrected chi connectivity index (χ3v) is 5.53. The van der Waals surface area contributed by atoms with Gasteiger partial charge in [0, 0.05) is 25.2 Å². The number of hydrogen-bond donors (Lipinski definition) is 1. The zero-order valence-corrected chi connectivity index (χ0v) is 12.8. The molecule has 2 aliphatic heterocycles. The average Bonchev–Trinajstić information content (AvgIpc) is 2.65. The third-order valence-electron chi connectivity index (χ3n) is 5.53. The second-order valence-electron chi connectivity index (χ2n) is 8.15. The molecule has 3 rings (SSSR count). The molecule has 4 atom stereocenters. The molecule has 0 amide bonds. The van der Waals surface area contributed by atoms with Crippen molar-refractivity contribution in [2.75, 3.05) is 19.6 Å². The lowest BCUT2D eigenvalue weighted by Gasteiger charge is -2.54. The van der Waals surface area contributed by atoms with Crippen LogP contribution in [0.2, 0.25) is 0 Å². The maximum absolute atomic E-state index is 6.28. The summed E-state index contributed by atoms with van der Waals surface area (Å²) in [6, 6.07) is 0. The van der Waals surface area contributed by atoms with Crippen LogP contribution in [0.15, 0.2) is 0 Å². The Morgan fingerprint density at radius 1 is 1.16 bits per heavy atom. The summed E-state index contributed by atoms with van der Waals surface area (Å²) in [5.74, 6) is 0.785. The van der Waals surface area contributed by atoms with Crippen molar-refractivity contribution < 1.29 is 4.74 Å². The molecule has 2 bridgehead atoms. The van der Waals surface area contributed by atoms with Gasteiger partial charge in [-0.15, -0.1) is 0 Å². The number of morpholine rings is 1. The van der Waals surface area contributed by atoms with E-state index in [1.54, 1.807) is 0 Å². The monoisotopic (exact) mass is 266 g/mol. The summed E-state index contributed by atoms with van der Waals surface area (Å²) in [5.41, 5.74) is 6.93. The van der Waals surface area contributed by atoms with E-state index in [0.29, 0.717) is 17.6 Å². The first-order valence-electron chi connectivity index (χ1n) is 8.03. The van der Waals surface area contributed by atoms with E-state index in [4.69, 9.17) is 10.5 Å². The van der Waals surface area contributed by atoms with Gasteiger partial charge in [-0.25, -0.2) is 0 Å². The van der Waals surface area contributed by atoms with Crippen molar-refractivity contribution in [2.45, 2.75) is 70.6 Å². The number of nitrogens with zero attached hydrogens (tertiary/aromatic N) is 1. The third kappa shape index (κ3) is 2.57. The quantitative estimate of drug-likeness (QED) is 0.834.